The molecule has 1 nitrogen and oxygen atoms in total. The van der Waals surface area contributed by atoms with E-state index in [-0.39, 0.29) is 5.37 Å². The minimum atomic E-state index is 0.177. The van der Waals surface area contributed by atoms with Crippen LogP contribution in [0.25, 0.3) is 0 Å². The van der Waals surface area contributed by atoms with Gasteiger partial charge in [0.15, 0.2) is 0 Å². The van der Waals surface area contributed by atoms with Crippen molar-refractivity contribution in [2.45, 2.75) is 12.3 Å². The number of nitrogens with two attached hydrogens (primary N) is 1. The molecule has 0 radical (unpaired) electrons. The van der Waals surface area contributed by atoms with Gasteiger partial charge in [0, 0.05) is 5.37 Å². The van der Waals surface area contributed by atoms with Crippen LogP contribution in [0.5, 0.6) is 0 Å². The molecule has 7 heavy (non-hydrogen) atoms. The molecule has 0 aliphatic carbocycles. The first-order chi connectivity index (χ1) is 3.27. The molecule has 0 saturated carbocycles. The lowest BCUT2D eigenvalue weighted by atomic mass is 10.8. The Labute approximate surface area is 48.7 Å². The number of hydrogen-bond acceptors (Lipinski definition) is 2. The number of terminal acetylenes is 1. The van der Waals surface area contributed by atoms with Gasteiger partial charge in [-0.2, -0.15) is 0 Å². The summed E-state index contributed by atoms with van der Waals surface area (Å²) in [6, 6.07) is 0. The van der Waals surface area contributed by atoms with Gasteiger partial charge in [-0.15, -0.1) is 18.2 Å². The predicted molar refractivity (Wildman–Crippen MR) is 34.9 cm³/mol. The molecule has 40 valence electrons. The highest BCUT2D eigenvalue weighted by molar-refractivity contribution is 8.00. The number of rotatable bonds is 2. The standard InChI is InChI=1S/C5H9NS/c1-3-4-7-5(2)6/h1,5H,4,6H2,2H3. The zero-order valence-electron chi connectivity index (χ0n) is 4.35. The van der Waals surface area contributed by atoms with Gasteiger partial charge in [0.2, 0.25) is 0 Å². The van der Waals surface area contributed by atoms with Crippen LogP contribution in [0.1, 0.15) is 6.92 Å². The molecule has 1 atom stereocenters. The minimum absolute atomic E-state index is 0.177. The van der Waals surface area contributed by atoms with Crippen molar-refractivity contribution in [2.75, 3.05) is 5.75 Å². The highest BCUT2D eigenvalue weighted by Gasteiger charge is 1.87. The first kappa shape index (κ1) is 6.87. The second kappa shape index (κ2) is 4.04. The fraction of sp³-hybridized carbons (Fsp3) is 0.600. The van der Waals surface area contributed by atoms with Gasteiger partial charge in [0.05, 0.1) is 5.75 Å². The monoisotopic (exact) mass is 115 g/mol. The summed E-state index contributed by atoms with van der Waals surface area (Å²) in [4.78, 5) is 0. The highest BCUT2D eigenvalue weighted by Crippen LogP contribution is 2.00. The fourth-order valence-electron chi connectivity index (χ4n) is 0.180. The van der Waals surface area contributed by atoms with Crippen LogP contribution in [0, 0.1) is 12.3 Å². The zero-order chi connectivity index (χ0) is 5.70. The van der Waals surface area contributed by atoms with Crippen LogP contribution in [0.4, 0.5) is 0 Å². The lowest BCUT2D eigenvalue weighted by Gasteiger charge is -1.96. The van der Waals surface area contributed by atoms with Crippen LogP contribution < -0.4 is 5.73 Å². The molecule has 0 aliphatic heterocycles. The molecule has 1 unspecified atom stereocenters. The van der Waals surface area contributed by atoms with Crippen LogP contribution in [-0.2, 0) is 0 Å². The molecule has 2 N–H and O–H groups in total. The van der Waals surface area contributed by atoms with Crippen molar-refractivity contribution >= 4 is 11.8 Å². The van der Waals surface area contributed by atoms with Gasteiger partial charge in [0.25, 0.3) is 0 Å². The van der Waals surface area contributed by atoms with Crippen molar-refractivity contribution < 1.29 is 0 Å². The van der Waals surface area contributed by atoms with Gasteiger partial charge < -0.3 is 5.73 Å². The first-order valence-corrected chi connectivity index (χ1v) is 3.13. The van der Waals surface area contributed by atoms with Crippen molar-refractivity contribution in [3.63, 3.8) is 0 Å². The van der Waals surface area contributed by atoms with Crippen molar-refractivity contribution in [1.82, 2.24) is 0 Å². The second-order valence-corrected chi connectivity index (χ2v) is 2.59. The molecule has 2 heteroatoms. The number of hydrogen-bond donors (Lipinski definition) is 1. The number of thioether (sulfide) groups is 1. The van der Waals surface area contributed by atoms with Crippen LogP contribution in [0.15, 0.2) is 0 Å². The molecule has 0 amide bonds. The van der Waals surface area contributed by atoms with Gasteiger partial charge in [0.1, 0.15) is 0 Å². The molecule has 0 aromatic rings. The molecule has 0 aromatic heterocycles. The zero-order valence-corrected chi connectivity index (χ0v) is 5.16. The summed E-state index contributed by atoms with van der Waals surface area (Å²) in [5, 5.41) is 0.177. The van der Waals surface area contributed by atoms with E-state index in [1.165, 1.54) is 0 Å². The Kier molecular flexibility index (Phi) is 3.97. The molecule has 0 saturated heterocycles. The van der Waals surface area contributed by atoms with Gasteiger partial charge >= 0.3 is 0 Å². The summed E-state index contributed by atoms with van der Waals surface area (Å²) in [5.74, 6) is 3.20. The summed E-state index contributed by atoms with van der Waals surface area (Å²) in [7, 11) is 0. The quantitative estimate of drug-likeness (QED) is 0.422. The lowest BCUT2D eigenvalue weighted by molar-refractivity contribution is 1.05. The van der Waals surface area contributed by atoms with E-state index in [0.29, 0.717) is 0 Å². The van der Waals surface area contributed by atoms with Crippen molar-refractivity contribution in [3.05, 3.63) is 0 Å². The van der Waals surface area contributed by atoms with Crippen molar-refractivity contribution in [2.24, 2.45) is 5.73 Å². The highest BCUT2D eigenvalue weighted by atomic mass is 32.2. The Hall–Kier alpha value is -0.130. The Balaban J connectivity index is 2.86. The van der Waals surface area contributed by atoms with Crippen molar-refractivity contribution in [1.29, 1.82) is 0 Å². The van der Waals surface area contributed by atoms with Crippen LogP contribution in [0.2, 0.25) is 0 Å². The molecular formula is C5H9NS. The maximum atomic E-state index is 5.35. The average Bonchev–Trinajstić information content (AvgIpc) is 1.61. The second-order valence-electron chi connectivity index (χ2n) is 1.22. The van der Waals surface area contributed by atoms with E-state index in [2.05, 4.69) is 5.92 Å². The van der Waals surface area contributed by atoms with Crippen LogP contribution in [-0.4, -0.2) is 11.1 Å². The van der Waals surface area contributed by atoms with Gasteiger partial charge in [-0.1, -0.05) is 5.92 Å². The maximum Gasteiger partial charge on any atom is 0.0560 e. The molecule has 0 aromatic carbocycles. The SMILES string of the molecule is C#CCSC(C)N. The molecule has 0 fully saturated rings. The first-order valence-electron chi connectivity index (χ1n) is 2.08. The summed E-state index contributed by atoms with van der Waals surface area (Å²) < 4.78 is 0. The average molecular weight is 115 g/mol. The molecule has 0 spiro atoms. The van der Waals surface area contributed by atoms with E-state index >= 15 is 0 Å². The molecule has 0 heterocycles. The molecule has 0 bridgehead atoms. The Morgan fingerprint density at radius 3 is 2.71 bits per heavy atom. The van der Waals surface area contributed by atoms with Crippen molar-refractivity contribution in [3.8, 4) is 12.3 Å². The summed E-state index contributed by atoms with van der Waals surface area (Å²) in [6.07, 6.45) is 4.95. The molecular weight excluding hydrogens is 106 g/mol. The summed E-state index contributed by atoms with van der Waals surface area (Å²) in [6.45, 7) is 1.92. The third kappa shape index (κ3) is 5.87. The minimum Gasteiger partial charge on any atom is -0.320 e. The van der Waals surface area contributed by atoms with E-state index < -0.39 is 0 Å². The summed E-state index contributed by atoms with van der Waals surface area (Å²) in [5.41, 5.74) is 5.35. The Morgan fingerprint density at radius 1 is 2.00 bits per heavy atom. The third-order valence-corrected chi connectivity index (χ3v) is 1.29. The van der Waals surface area contributed by atoms with E-state index in [1.807, 2.05) is 6.92 Å². The Morgan fingerprint density at radius 2 is 2.57 bits per heavy atom. The van der Waals surface area contributed by atoms with E-state index in [9.17, 15) is 0 Å². The smallest absolute Gasteiger partial charge is 0.0560 e. The molecule has 0 aliphatic rings. The van der Waals surface area contributed by atoms with E-state index in [4.69, 9.17) is 12.2 Å². The topological polar surface area (TPSA) is 26.0 Å². The van der Waals surface area contributed by atoms with Gasteiger partial charge in [-0.05, 0) is 6.92 Å². The van der Waals surface area contributed by atoms with Crippen LogP contribution >= 0.6 is 11.8 Å². The predicted octanol–water partition coefficient (Wildman–Crippen LogP) is 0.658. The van der Waals surface area contributed by atoms with E-state index in [0.717, 1.165) is 5.75 Å². The lowest BCUT2D eigenvalue weighted by Crippen LogP contribution is -2.09. The third-order valence-electron chi connectivity index (χ3n) is 0.430. The molecule has 0 rings (SSSR count). The fourth-order valence-corrected chi connectivity index (χ4v) is 0.539. The summed E-state index contributed by atoms with van der Waals surface area (Å²) >= 11 is 1.57. The Bertz CT molecular complexity index is 72.6. The largest absolute Gasteiger partial charge is 0.320 e. The van der Waals surface area contributed by atoms with Gasteiger partial charge in [-0.25, -0.2) is 0 Å². The maximum absolute atomic E-state index is 5.35. The van der Waals surface area contributed by atoms with Gasteiger partial charge in [-0.3, -0.25) is 0 Å². The normalized spacial score (nSPS) is 12.7. The van der Waals surface area contributed by atoms with E-state index in [1.54, 1.807) is 11.8 Å². The van der Waals surface area contributed by atoms with Crippen LogP contribution in [0.3, 0.4) is 0 Å².